The minimum atomic E-state index is -0.0698. The largest absolute Gasteiger partial charge is 0.497 e. The quantitative estimate of drug-likeness (QED) is 0.579. The maximum Gasteiger partial charge on any atom is 0.252 e. The lowest BCUT2D eigenvalue weighted by Gasteiger charge is -2.08. The molecule has 1 aromatic carbocycles. The highest BCUT2D eigenvalue weighted by atomic mass is 79.9. The van der Waals surface area contributed by atoms with Crippen molar-refractivity contribution in [2.45, 2.75) is 19.3 Å². The SMILES string of the molecule is COc1ccc(Br)c(C(=O)NCCCCCBr)c1. The van der Waals surface area contributed by atoms with Gasteiger partial charge in [-0.3, -0.25) is 4.79 Å². The van der Waals surface area contributed by atoms with Gasteiger partial charge in [0.15, 0.2) is 0 Å². The molecular weight excluding hydrogens is 362 g/mol. The molecule has 0 spiro atoms. The Labute approximate surface area is 125 Å². The van der Waals surface area contributed by atoms with E-state index in [9.17, 15) is 4.79 Å². The number of rotatable bonds is 7. The Morgan fingerprint density at radius 2 is 2.11 bits per heavy atom. The van der Waals surface area contributed by atoms with Crippen LogP contribution in [0, 0.1) is 0 Å². The number of carbonyl (C=O) groups excluding carboxylic acids is 1. The van der Waals surface area contributed by atoms with Crippen LogP contribution in [0.5, 0.6) is 5.75 Å². The molecule has 0 aromatic heterocycles. The van der Waals surface area contributed by atoms with Crippen molar-refractivity contribution >= 4 is 37.8 Å². The number of halogens is 2. The van der Waals surface area contributed by atoms with Gasteiger partial charge in [0.05, 0.1) is 12.7 Å². The number of unbranched alkanes of at least 4 members (excludes halogenated alkanes) is 2. The first kappa shape index (κ1) is 15.5. The standard InChI is InChI=1S/C13H17Br2NO2/c1-18-10-5-6-12(15)11(9-10)13(17)16-8-4-2-3-7-14/h5-6,9H,2-4,7-8H2,1H3,(H,16,17). The minimum Gasteiger partial charge on any atom is -0.497 e. The number of alkyl halides is 1. The molecule has 0 radical (unpaired) electrons. The molecule has 5 heteroatoms. The normalized spacial score (nSPS) is 10.2. The van der Waals surface area contributed by atoms with Crippen LogP contribution in [0.15, 0.2) is 22.7 Å². The van der Waals surface area contributed by atoms with Crippen LogP contribution in [-0.2, 0) is 0 Å². The third kappa shape index (κ3) is 4.98. The molecule has 18 heavy (non-hydrogen) atoms. The number of benzene rings is 1. The molecule has 1 rings (SSSR count). The van der Waals surface area contributed by atoms with Crippen LogP contribution in [0.4, 0.5) is 0 Å². The summed E-state index contributed by atoms with van der Waals surface area (Å²) in [5.41, 5.74) is 0.606. The van der Waals surface area contributed by atoms with Crippen LogP contribution < -0.4 is 10.1 Å². The summed E-state index contributed by atoms with van der Waals surface area (Å²) in [5.74, 6) is 0.613. The Bertz CT molecular complexity index is 397. The molecule has 0 saturated carbocycles. The van der Waals surface area contributed by atoms with Crippen molar-refractivity contribution in [1.29, 1.82) is 0 Å². The molecule has 1 aromatic rings. The third-order valence-electron chi connectivity index (χ3n) is 2.51. The number of amides is 1. The molecule has 0 heterocycles. The van der Waals surface area contributed by atoms with E-state index in [-0.39, 0.29) is 5.91 Å². The zero-order valence-electron chi connectivity index (χ0n) is 10.3. The fraction of sp³-hybridized carbons (Fsp3) is 0.462. The Morgan fingerprint density at radius 1 is 1.33 bits per heavy atom. The fourth-order valence-electron chi connectivity index (χ4n) is 1.50. The number of methoxy groups -OCH3 is 1. The highest BCUT2D eigenvalue weighted by molar-refractivity contribution is 9.10. The van der Waals surface area contributed by atoms with Gasteiger partial charge < -0.3 is 10.1 Å². The average molecular weight is 379 g/mol. The number of nitrogens with one attached hydrogen (secondary N) is 1. The molecule has 0 saturated heterocycles. The summed E-state index contributed by atoms with van der Waals surface area (Å²) >= 11 is 6.76. The fourth-order valence-corrected chi connectivity index (χ4v) is 2.32. The number of carbonyl (C=O) groups is 1. The zero-order valence-corrected chi connectivity index (χ0v) is 13.5. The third-order valence-corrected chi connectivity index (χ3v) is 3.77. The second-order valence-electron chi connectivity index (χ2n) is 3.85. The highest BCUT2D eigenvalue weighted by Gasteiger charge is 2.10. The molecule has 1 N–H and O–H groups in total. The van der Waals surface area contributed by atoms with Crippen molar-refractivity contribution in [2.24, 2.45) is 0 Å². The summed E-state index contributed by atoms with van der Waals surface area (Å²) in [4.78, 5) is 12.0. The second kappa shape index (κ2) is 8.53. The van der Waals surface area contributed by atoms with Gasteiger partial charge in [-0.2, -0.15) is 0 Å². The summed E-state index contributed by atoms with van der Waals surface area (Å²) in [6.07, 6.45) is 3.25. The zero-order chi connectivity index (χ0) is 13.4. The first-order chi connectivity index (χ1) is 8.69. The Kier molecular flexibility index (Phi) is 7.35. The van der Waals surface area contributed by atoms with Crippen molar-refractivity contribution < 1.29 is 9.53 Å². The van der Waals surface area contributed by atoms with E-state index in [4.69, 9.17) is 4.74 Å². The van der Waals surface area contributed by atoms with Crippen LogP contribution in [-0.4, -0.2) is 24.9 Å². The summed E-state index contributed by atoms with van der Waals surface area (Å²) in [7, 11) is 1.59. The number of hydrogen-bond donors (Lipinski definition) is 1. The van der Waals surface area contributed by atoms with E-state index < -0.39 is 0 Å². The van der Waals surface area contributed by atoms with E-state index in [2.05, 4.69) is 37.2 Å². The predicted octanol–water partition coefficient (Wildman–Crippen LogP) is 3.75. The van der Waals surface area contributed by atoms with E-state index >= 15 is 0 Å². The van der Waals surface area contributed by atoms with Crippen LogP contribution in [0.2, 0.25) is 0 Å². The maximum absolute atomic E-state index is 12.0. The van der Waals surface area contributed by atoms with Gasteiger partial charge in [0, 0.05) is 16.3 Å². The van der Waals surface area contributed by atoms with Gasteiger partial charge in [0.1, 0.15) is 5.75 Å². The molecule has 3 nitrogen and oxygen atoms in total. The van der Waals surface area contributed by atoms with Gasteiger partial charge >= 0.3 is 0 Å². The molecular formula is C13H17Br2NO2. The number of hydrogen-bond acceptors (Lipinski definition) is 2. The van der Waals surface area contributed by atoms with Crippen molar-refractivity contribution in [1.82, 2.24) is 5.32 Å². The first-order valence-corrected chi connectivity index (χ1v) is 7.78. The molecule has 0 aliphatic rings. The molecule has 1 amide bonds. The van der Waals surface area contributed by atoms with Gasteiger partial charge in [0.25, 0.3) is 5.91 Å². The predicted molar refractivity (Wildman–Crippen MR) is 80.7 cm³/mol. The molecule has 0 bridgehead atoms. The Balaban J connectivity index is 2.50. The monoisotopic (exact) mass is 377 g/mol. The van der Waals surface area contributed by atoms with Crippen molar-refractivity contribution in [3.63, 3.8) is 0 Å². The van der Waals surface area contributed by atoms with Gasteiger partial charge in [-0.15, -0.1) is 0 Å². The highest BCUT2D eigenvalue weighted by Crippen LogP contribution is 2.22. The molecule has 0 atom stereocenters. The molecule has 100 valence electrons. The van der Waals surface area contributed by atoms with E-state index in [0.717, 1.165) is 29.1 Å². The van der Waals surface area contributed by atoms with Crippen molar-refractivity contribution in [2.75, 3.05) is 19.0 Å². The Hall–Kier alpha value is -0.550. The number of ether oxygens (including phenoxy) is 1. The van der Waals surface area contributed by atoms with E-state index in [1.54, 1.807) is 13.2 Å². The van der Waals surface area contributed by atoms with Gasteiger partial charge in [-0.1, -0.05) is 22.4 Å². The molecule has 0 fully saturated rings. The molecule has 0 unspecified atom stereocenters. The van der Waals surface area contributed by atoms with E-state index in [0.29, 0.717) is 17.9 Å². The Morgan fingerprint density at radius 3 is 2.78 bits per heavy atom. The van der Waals surface area contributed by atoms with Gasteiger partial charge in [-0.25, -0.2) is 0 Å². The summed E-state index contributed by atoms with van der Waals surface area (Å²) in [6.45, 7) is 0.704. The summed E-state index contributed by atoms with van der Waals surface area (Å²) < 4.78 is 5.89. The van der Waals surface area contributed by atoms with Crippen LogP contribution in [0.1, 0.15) is 29.6 Å². The smallest absolute Gasteiger partial charge is 0.252 e. The van der Waals surface area contributed by atoms with Crippen molar-refractivity contribution in [3.8, 4) is 5.75 Å². The molecule has 0 aliphatic heterocycles. The van der Waals surface area contributed by atoms with Crippen LogP contribution >= 0.6 is 31.9 Å². The lowest BCUT2D eigenvalue weighted by molar-refractivity contribution is 0.0952. The van der Waals surface area contributed by atoms with Gasteiger partial charge in [0.2, 0.25) is 0 Å². The summed E-state index contributed by atoms with van der Waals surface area (Å²) in [5, 5.41) is 3.93. The molecule has 0 aliphatic carbocycles. The van der Waals surface area contributed by atoms with Gasteiger partial charge in [-0.05, 0) is 47.0 Å². The van der Waals surface area contributed by atoms with E-state index in [1.165, 1.54) is 0 Å². The topological polar surface area (TPSA) is 38.3 Å². The minimum absolute atomic E-state index is 0.0698. The first-order valence-electron chi connectivity index (χ1n) is 5.86. The lowest BCUT2D eigenvalue weighted by Crippen LogP contribution is -2.24. The van der Waals surface area contributed by atoms with Crippen LogP contribution in [0.3, 0.4) is 0 Å². The maximum atomic E-state index is 12.0. The summed E-state index contributed by atoms with van der Waals surface area (Å²) in [6, 6.07) is 5.37. The lowest BCUT2D eigenvalue weighted by atomic mass is 10.2. The average Bonchev–Trinajstić information content (AvgIpc) is 2.39. The van der Waals surface area contributed by atoms with Crippen LogP contribution in [0.25, 0.3) is 0 Å². The van der Waals surface area contributed by atoms with E-state index in [1.807, 2.05) is 12.1 Å². The second-order valence-corrected chi connectivity index (χ2v) is 5.50. The van der Waals surface area contributed by atoms with Crippen molar-refractivity contribution in [3.05, 3.63) is 28.2 Å².